The third-order valence-electron chi connectivity index (χ3n) is 4.86. The second kappa shape index (κ2) is 7.07. The van der Waals surface area contributed by atoms with E-state index in [4.69, 9.17) is 4.74 Å². The van der Waals surface area contributed by atoms with Crippen molar-refractivity contribution < 1.29 is 9.53 Å². The number of methoxy groups -OCH3 is 1. The fraction of sp³-hybridized carbons (Fsp3) is 0.474. The Morgan fingerprint density at radius 1 is 1.29 bits per heavy atom. The number of hydrogen-bond donors (Lipinski definition) is 1. The van der Waals surface area contributed by atoms with Gasteiger partial charge in [0.05, 0.1) is 19.2 Å². The van der Waals surface area contributed by atoms with Gasteiger partial charge in [0.2, 0.25) is 5.91 Å². The average Bonchev–Trinajstić information content (AvgIpc) is 3.13. The maximum Gasteiger partial charge on any atom is 0.253 e. The van der Waals surface area contributed by atoms with Gasteiger partial charge in [-0.25, -0.2) is 0 Å². The van der Waals surface area contributed by atoms with Crippen molar-refractivity contribution in [1.82, 2.24) is 9.88 Å². The molecule has 0 bridgehead atoms. The fourth-order valence-electron chi connectivity index (χ4n) is 3.49. The van der Waals surface area contributed by atoms with Crippen LogP contribution >= 0.6 is 0 Å². The van der Waals surface area contributed by atoms with Gasteiger partial charge in [-0.1, -0.05) is 19.8 Å². The van der Waals surface area contributed by atoms with Crippen molar-refractivity contribution in [3.05, 3.63) is 40.2 Å². The van der Waals surface area contributed by atoms with E-state index in [0.29, 0.717) is 24.3 Å². The number of fused-ring (bicyclic) bond motifs is 1. The number of aromatic nitrogens is 1. The Bertz CT molecular complexity index is 791. The van der Waals surface area contributed by atoms with Crippen molar-refractivity contribution in [1.29, 1.82) is 0 Å². The molecule has 1 heterocycles. The van der Waals surface area contributed by atoms with Crippen LogP contribution in [-0.2, 0) is 11.3 Å². The minimum atomic E-state index is -0.136. The summed E-state index contributed by atoms with van der Waals surface area (Å²) in [7, 11) is 1.60. The molecule has 3 rings (SSSR count). The van der Waals surface area contributed by atoms with Crippen molar-refractivity contribution in [3.63, 3.8) is 0 Å². The van der Waals surface area contributed by atoms with Gasteiger partial charge in [-0.3, -0.25) is 9.59 Å². The van der Waals surface area contributed by atoms with E-state index in [9.17, 15) is 9.59 Å². The molecule has 1 aromatic carbocycles. The molecule has 128 valence electrons. The monoisotopic (exact) mass is 328 g/mol. The van der Waals surface area contributed by atoms with Gasteiger partial charge in [0.15, 0.2) is 0 Å². The van der Waals surface area contributed by atoms with Gasteiger partial charge in [0.25, 0.3) is 5.56 Å². The summed E-state index contributed by atoms with van der Waals surface area (Å²) in [6.45, 7) is 2.26. The molecule has 1 N–H and O–H groups in total. The van der Waals surface area contributed by atoms with Gasteiger partial charge in [0, 0.05) is 24.1 Å². The molecule has 5 nitrogen and oxygen atoms in total. The molecule has 0 saturated heterocycles. The van der Waals surface area contributed by atoms with Crippen LogP contribution in [0.1, 0.15) is 44.6 Å². The first-order valence-corrected chi connectivity index (χ1v) is 8.61. The van der Waals surface area contributed by atoms with Crippen molar-refractivity contribution in [3.8, 4) is 5.75 Å². The molecule has 1 aliphatic carbocycles. The predicted octanol–water partition coefficient (Wildman–Crippen LogP) is 3.22. The molecular weight excluding hydrogens is 304 g/mol. The number of benzene rings is 1. The Hall–Kier alpha value is -2.30. The van der Waals surface area contributed by atoms with Gasteiger partial charge in [-0.2, -0.15) is 0 Å². The van der Waals surface area contributed by atoms with Crippen LogP contribution in [-0.4, -0.2) is 28.9 Å². The van der Waals surface area contributed by atoms with Crippen molar-refractivity contribution in [2.24, 2.45) is 0 Å². The SMILES string of the molecule is CCC(=O)N(Cc1cc2ccc(OC)cc2[nH]c1=O)C1CCCC1. The van der Waals surface area contributed by atoms with Gasteiger partial charge < -0.3 is 14.6 Å². The summed E-state index contributed by atoms with van der Waals surface area (Å²) in [5, 5.41) is 0.945. The number of H-pyrrole nitrogens is 1. The lowest BCUT2D eigenvalue weighted by molar-refractivity contribution is -0.133. The molecule has 0 aliphatic heterocycles. The molecule has 0 spiro atoms. The molecule has 1 aliphatic rings. The summed E-state index contributed by atoms with van der Waals surface area (Å²) in [5.41, 5.74) is 1.25. The van der Waals surface area contributed by atoms with Gasteiger partial charge >= 0.3 is 0 Å². The normalized spacial score (nSPS) is 14.9. The minimum absolute atomic E-state index is 0.121. The first kappa shape index (κ1) is 16.6. The third-order valence-corrected chi connectivity index (χ3v) is 4.86. The van der Waals surface area contributed by atoms with Crippen LogP contribution in [0.2, 0.25) is 0 Å². The van der Waals surface area contributed by atoms with E-state index in [0.717, 1.165) is 36.6 Å². The van der Waals surface area contributed by atoms with Crippen LogP contribution in [0.15, 0.2) is 29.1 Å². The van der Waals surface area contributed by atoms with Gasteiger partial charge in [0.1, 0.15) is 5.75 Å². The fourth-order valence-corrected chi connectivity index (χ4v) is 3.49. The molecule has 0 atom stereocenters. The van der Waals surface area contributed by atoms with E-state index in [1.165, 1.54) is 0 Å². The Morgan fingerprint density at radius 3 is 2.71 bits per heavy atom. The molecule has 0 radical (unpaired) electrons. The minimum Gasteiger partial charge on any atom is -0.497 e. The summed E-state index contributed by atoms with van der Waals surface area (Å²) < 4.78 is 5.20. The topological polar surface area (TPSA) is 62.4 Å². The van der Waals surface area contributed by atoms with E-state index in [2.05, 4.69) is 4.98 Å². The summed E-state index contributed by atoms with van der Waals surface area (Å²) >= 11 is 0. The molecule has 1 amide bonds. The van der Waals surface area contributed by atoms with E-state index in [1.807, 2.05) is 36.1 Å². The number of nitrogens with one attached hydrogen (secondary N) is 1. The van der Waals surface area contributed by atoms with Crippen LogP contribution < -0.4 is 10.3 Å². The lowest BCUT2D eigenvalue weighted by Gasteiger charge is -2.28. The quantitative estimate of drug-likeness (QED) is 0.916. The molecule has 0 unspecified atom stereocenters. The molecular formula is C19H24N2O3. The number of hydrogen-bond acceptors (Lipinski definition) is 3. The first-order chi connectivity index (χ1) is 11.6. The van der Waals surface area contributed by atoms with Crippen LogP contribution in [0.3, 0.4) is 0 Å². The highest BCUT2D eigenvalue weighted by Crippen LogP contribution is 2.26. The van der Waals surface area contributed by atoms with Crippen LogP contribution in [0.4, 0.5) is 0 Å². The van der Waals surface area contributed by atoms with E-state index < -0.39 is 0 Å². The summed E-state index contributed by atoms with van der Waals surface area (Å²) in [4.78, 5) is 29.6. The second-order valence-electron chi connectivity index (χ2n) is 6.39. The third kappa shape index (κ3) is 3.30. The summed E-state index contributed by atoms with van der Waals surface area (Å²) in [5.74, 6) is 0.829. The molecule has 5 heteroatoms. The van der Waals surface area contributed by atoms with Crippen LogP contribution in [0.5, 0.6) is 5.75 Å². The van der Waals surface area contributed by atoms with Gasteiger partial charge in [-0.15, -0.1) is 0 Å². The number of amides is 1. The van der Waals surface area contributed by atoms with Gasteiger partial charge in [-0.05, 0) is 36.4 Å². The number of pyridine rings is 1. The van der Waals surface area contributed by atoms with E-state index in [1.54, 1.807) is 7.11 Å². The molecule has 1 fully saturated rings. The largest absolute Gasteiger partial charge is 0.497 e. The highest BCUT2D eigenvalue weighted by atomic mass is 16.5. The Balaban J connectivity index is 1.93. The van der Waals surface area contributed by atoms with Crippen LogP contribution in [0, 0.1) is 0 Å². The summed E-state index contributed by atoms with van der Waals surface area (Å²) in [6.07, 6.45) is 4.86. The summed E-state index contributed by atoms with van der Waals surface area (Å²) in [6, 6.07) is 7.76. The number of carbonyl (C=O) groups is 1. The maximum atomic E-state index is 12.5. The molecule has 1 aromatic heterocycles. The highest BCUT2D eigenvalue weighted by Gasteiger charge is 2.26. The predicted molar refractivity (Wildman–Crippen MR) is 94.2 cm³/mol. The molecule has 1 saturated carbocycles. The number of rotatable bonds is 5. The molecule has 24 heavy (non-hydrogen) atoms. The zero-order valence-electron chi connectivity index (χ0n) is 14.3. The standard InChI is InChI=1S/C19H24N2O3/c1-3-18(22)21(15-6-4-5-7-15)12-14-10-13-8-9-16(24-2)11-17(13)20-19(14)23/h8-11,15H,3-7,12H2,1-2H3,(H,20,23). The Kier molecular flexibility index (Phi) is 4.88. The zero-order chi connectivity index (χ0) is 17.1. The smallest absolute Gasteiger partial charge is 0.253 e. The van der Waals surface area contributed by atoms with Crippen LogP contribution in [0.25, 0.3) is 10.9 Å². The number of ether oxygens (including phenoxy) is 1. The molecule has 2 aromatic rings. The second-order valence-corrected chi connectivity index (χ2v) is 6.39. The lowest BCUT2D eigenvalue weighted by atomic mass is 10.1. The van der Waals surface area contributed by atoms with Crippen molar-refractivity contribution in [2.75, 3.05) is 7.11 Å². The highest BCUT2D eigenvalue weighted by molar-refractivity contribution is 5.81. The van der Waals surface area contributed by atoms with E-state index >= 15 is 0 Å². The Labute approximate surface area is 141 Å². The maximum absolute atomic E-state index is 12.5. The number of carbonyl (C=O) groups excluding carboxylic acids is 1. The number of nitrogens with zero attached hydrogens (tertiary/aromatic N) is 1. The zero-order valence-corrected chi connectivity index (χ0v) is 14.3. The first-order valence-electron chi connectivity index (χ1n) is 8.61. The Morgan fingerprint density at radius 2 is 2.04 bits per heavy atom. The van der Waals surface area contributed by atoms with Crippen molar-refractivity contribution in [2.45, 2.75) is 51.6 Å². The lowest BCUT2D eigenvalue weighted by Crippen LogP contribution is -2.39. The van der Waals surface area contributed by atoms with Crippen molar-refractivity contribution >= 4 is 16.8 Å². The number of aromatic amines is 1. The van der Waals surface area contributed by atoms with E-state index in [-0.39, 0.29) is 17.5 Å². The average molecular weight is 328 g/mol.